The highest BCUT2D eigenvalue weighted by Gasteiger charge is 2.51. The summed E-state index contributed by atoms with van der Waals surface area (Å²) in [6.45, 7) is -0.239. The zero-order chi connectivity index (χ0) is 21.9. The summed E-state index contributed by atoms with van der Waals surface area (Å²) < 4.78 is 27.1. The monoisotopic (exact) mass is 439 g/mol. The summed E-state index contributed by atoms with van der Waals surface area (Å²) in [6, 6.07) is 3.17. The third-order valence-electron chi connectivity index (χ3n) is 5.56. The van der Waals surface area contributed by atoms with E-state index in [-0.39, 0.29) is 30.0 Å². The fraction of sp³-hybridized carbons (Fsp3) is 0.524. The summed E-state index contributed by atoms with van der Waals surface area (Å²) >= 11 is 6.17. The van der Waals surface area contributed by atoms with E-state index in [1.165, 1.54) is 21.3 Å². The molecule has 2 aliphatic rings. The van der Waals surface area contributed by atoms with Gasteiger partial charge in [-0.25, -0.2) is 4.79 Å². The van der Waals surface area contributed by atoms with Gasteiger partial charge in [0.2, 0.25) is 0 Å². The summed E-state index contributed by atoms with van der Waals surface area (Å²) in [6.07, 6.45) is 2.64. The maximum atomic E-state index is 13.2. The smallest absolute Gasteiger partial charge is 0.337 e. The van der Waals surface area contributed by atoms with Gasteiger partial charge in [0, 0.05) is 19.2 Å². The molecule has 1 saturated carbocycles. The molecule has 0 atom stereocenters. The zero-order valence-corrected chi connectivity index (χ0v) is 18.3. The van der Waals surface area contributed by atoms with E-state index in [1.807, 2.05) is 0 Å². The van der Waals surface area contributed by atoms with Crippen LogP contribution in [0.5, 0.6) is 11.5 Å². The molecule has 1 fully saturated rings. The number of halogens is 1. The molecule has 0 bridgehead atoms. The average Bonchev–Trinajstić information content (AvgIpc) is 2.98. The number of amides is 1. The lowest BCUT2D eigenvalue weighted by Crippen LogP contribution is -2.49. The lowest BCUT2D eigenvalue weighted by Gasteiger charge is -2.37. The van der Waals surface area contributed by atoms with Crippen LogP contribution in [0.4, 0.5) is 0 Å². The minimum Gasteiger partial charge on any atom is -0.496 e. The number of benzene rings is 1. The van der Waals surface area contributed by atoms with Crippen LogP contribution in [0.15, 0.2) is 17.9 Å². The van der Waals surface area contributed by atoms with Crippen LogP contribution in [0, 0.1) is 0 Å². The molecular weight excluding hydrogens is 414 g/mol. The quantitative estimate of drug-likeness (QED) is 0.653. The number of hydrogen-bond acceptors (Lipinski definition) is 7. The Morgan fingerprint density at radius 2 is 1.73 bits per heavy atom. The Bertz CT molecular complexity index is 834. The molecule has 1 heterocycles. The standard InChI is InChI=1S/C21H26ClNO7/c1-26-11-16(24)30-19-18(17-14(28-3)9-12(22)10-15(17)29-4)20(25)23-21(19)7-5-13(27-2)6-8-21/h9-10,13H,5-8,11H2,1-4H3,(H,23,25). The molecule has 0 saturated heterocycles. The number of nitrogens with one attached hydrogen (secondary N) is 1. The van der Waals surface area contributed by atoms with Crippen molar-refractivity contribution in [1.29, 1.82) is 0 Å². The Labute approximate surface area is 180 Å². The van der Waals surface area contributed by atoms with Crippen molar-refractivity contribution in [2.24, 2.45) is 0 Å². The van der Waals surface area contributed by atoms with Gasteiger partial charge in [-0.15, -0.1) is 0 Å². The Kier molecular flexibility index (Phi) is 6.90. The maximum Gasteiger partial charge on any atom is 0.337 e. The minimum atomic E-state index is -0.819. The number of methoxy groups -OCH3 is 4. The Morgan fingerprint density at radius 1 is 1.13 bits per heavy atom. The number of esters is 1. The molecule has 1 N–H and O–H groups in total. The van der Waals surface area contributed by atoms with Crippen LogP contribution in [0.25, 0.3) is 5.57 Å². The van der Waals surface area contributed by atoms with Gasteiger partial charge in [0.05, 0.1) is 37.0 Å². The molecule has 1 amide bonds. The number of hydrogen-bond donors (Lipinski definition) is 1. The van der Waals surface area contributed by atoms with Gasteiger partial charge in [-0.2, -0.15) is 0 Å². The number of carbonyl (C=O) groups is 2. The van der Waals surface area contributed by atoms with Crippen molar-refractivity contribution in [1.82, 2.24) is 5.32 Å². The van der Waals surface area contributed by atoms with E-state index < -0.39 is 11.5 Å². The van der Waals surface area contributed by atoms with Gasteiger partial charge in [-0.1, -0.05) is 11.6 Å². The molecule has 1 aliphatic heterocycles. The van der Waals surface area contributed by atoms with Gasteiger partial charge in [0.1, 0.15) is 23.9 Å². The molecule has 1 aliphatic carbocycles. The number of rotatable bonds is 7. The normalized spacial score (nSPS) is 23.5. The highest BCUT2D eigenvalue weighted by atomic mass is 35.5. The van der Waals surface area contributed by atoms with Crippen LogP contribution in [0.2, 0.25) is 5.02 Å². The van der Waals surface area contributed by atoms with Crippen LogP contribution >= 0.6 is 11.6 Å². The van der Waals surface area contributed by atoms with Crippen molar-refractivity contribution in [3.05, 3.63) is 28.5 Å². The summed E-state index contributed by atoms with van der Waals surface area (Å²) in [5.74, 6) is -0.0329. The molecule has 1 aromatic rings. The van der Waals surface area contributed by atoms with Crippen LogP contribution in [0.3, 0.4) is 0 Å². The first-order valence-electron chi connectivity index (χ1n) is 9.60. The van der Waals surface area contributed by atoms with E-state index in [1.54, 1.807) is 19.2 Å². The average molecular weight is 440 g/mol. The Morgan fingerprint density at radius 3 is 2.23 bits per heavy atom. The predicted octanol–water partition coefficient (Wildman–Crippen LogP) is 2.72. The minimum absolute atomic E-state index is 0.0899. The van der Waals surface area contributed by atoms with Crippen molar-refractivity contribution in [2.45, 2.75) is 37.3 Å². The number of ether oxygens (including phenoxy) is 5. The molecule has 1 aromatic carbocycles. The lowest BCUT2D eigenvalue weighted by molar-refractivity contribution is -0.145. The molecule has 0 aromatic heterocycles. The van der Waals surface area contributed by atoms with Crippen LogP contribution in [-0.2, 0) is 23.8 Å². The largest absolute Gasteiger partial charge is 0.496 e. The summed E-state index contributed by atoms with van der Waals surface area (Å²) in [5, 5.41) is 3.44. The molecule has 3 rings (SSSR count). The van der Waals surface area contributed by atoms with Crippen LogP contribution in [-0.4, -0.2) is 58.6 Å². The van der Waals surface area contributed by atoms with Crippen molar-refractivity contribution >= 4 is 29.1 Å². The topological polar surface area (TPSA) is 92.3 Å². The van der Waals surface area contributed by atoms with Crippen molar-refractivity contribution < 1.29 is 33.3 Å². The second-order valence-electron chi connectivity index (χ2n) is 7.27. The summed E-state index contributed by atoms with van der Waals surface area (Å²) in [5.41, 5.74) is -0.242. The molecule has 0 radical (unpaired) electrons. The lowest BCUT2D eigenvalue weighted by atomic mass is 9.79. The van der Waals surface area contributed by atoms with Gasteiger partial charge >= 0.3 is 5.97 Å². The molecule has 9 heteroatoms. The second kappa shape index (κ2) is 9.24. The van der Waals surface area contributed by atoms with E-state index in [9.17, 15) is 9.59 Å². The van der Waals surface area contributed by atoms with Crippen LogP contribution < -0.4 is 14.8 Å². The first-order valence-corrected chi connectivity index (χ1v) is 9.98. The molecule has 1 spiro atoms. The Balaban J connectivity index is 2.18. The van der Waals surface area contributed by atoms with Crippen molar-refractivity contribution in [3.63, 3.8) is 0 Å². The predicted molar refractivity (Wildman–Crippen MR) is 110 cm³/mol. The summed E-state index contributed by atoms with van der Waals surface area (Å²) in [7, 11) is 6.01. The Hall–Kier alpha value is -2.29. The highest BCUT2D eigenvalue weighted by Crippen LogP contribution is 2.48. The van der Waals surface area contributed by atoms with E-state index in [0.717, 1.165) is 0 Å². The third kappa shape index (κ3) is 4.12. The fourth-order valence-corrected chi connectivity index (χ4v) is 4.31. The van der Waals surface area contributed by atoms with Gasteiger partial charge in [-0.05, 0) is 37.8 Å². The molecule has 30 heavy (non-hydrogen) atoms. The van der Waals surface area contributed by atoms with Crippen molar-refractivity contribution in [3.8, 4) is 11.5 Å². The van der Waals surface area contributed by atoms with Gasteiger partial charge < -0.3 is 29.0 Å². The summed E-state index contributed by atoms with van der Waals surface area (Å²) in [4.78, 5) is 25.6. The molecular formula is C21H26ClNO7. The van der Waals surface area contributed by atoms with E-state index in [4.69, 9.17) is 35.3 Å². The van der Waals surface area contributed by atoms with Gasteiger partial charge in [0.15, 0.2) is 0 Å². The zero-order valence-electron chi connectivity index (χ0n) is 17.5. The highest BCUT2D eigenvalue weighted by molar-refractivity contribution is 6.31. The van der Waals surface area contributed by atoms with E-state index >= 15 is 0 Å². The van der Waals surface area contributed by atoms with Gasteiger partial charge in [0.25, 0.3) is 5.91 Å². The SMILES string of the molecule is COCC(=O)OC1=C(c2c(OC)cc(Cl)cc2OC)C(=O)NC12CCC(OC)CC2. The number of carbonyl (C=O) groups excluding carboxylic acids is 2. The fourth-order valence-electron chi connectivity index (χ4n) is 4.11. The molecule has 164 valence electrons. The maximum absolute atomic E-state index is 13.2. The third-order valence-corrected chi connectivity index (χ3v) is 5.78. The first-order chi connectivity index (χ1) is 14.4. The first kappa shape index (κ1) is 22.4. The van der Waals surface area contributed by atoms with Crippen LogP contribution in [0.1, 0.15) is 31.2 Å². The van der Waals surface area contributed by atoms with Crippen molar-refractivity contribution in [2.75, 3.05) is 35.0 Å². The van der Waals surface area contributed by atoms with E-state index in [0.29, 0.717) is 47.8 Å². The van der Waals surface area contributed by atoms with Gasteiger partial charge in [-0.3, -0.25) is 4.79 Å². The second-order valence-corrected chi connectivity index (χ2v) is 7.70. The molecule has 8 nitrogen and oxygen atoms in total. The molecule has 0 unspecified atom stereocenters. The van der Waals surface area contributed by atoms with E-state index in [2.05, 4.69) is 5.32 Å².